The molecule has 0 aliphatic carbocycles. The smallest absolute Gasteiger partial charge is 0.0756 e. The van der Waals surface area contributed by atoms with Gasteiger partial charge in [0.15, 0.2) is 0 Å². The third kappa shape index (κ3) is 4.44. The maximum Gasteiger partial charge on any atom is 0.0756 e. The van der Waals surface area contributed by atoms with E-state index in [-0.39, 0.29) is 0 Å². The molecule has 1 heterocycles. The van der Waals surface area contributed by atoms with Crippen molar-refractivity contribution >= 4 is 0 Å². The molecule has 1 aromatic rings. The Bertz CT molecular complexity index is 308. The minimum Gasteiger partial charge on any atom is -0.309 e. The van der Waals surface area contributed by atoms with Gasteiger partial charge in [-0.3, -0.25) is 0 Å². The standard InChI is InChI=1S/C12H25N5/c1-5-8-13-11(7-9-16(3)4)12-10-14-15-17(12)6-2/h10-11,13H,5-9H2,1-4H3. The number of nitrogens with zero attached hydrogens (tertiary/aromatic N) is 4. The lowest BCUT2D eigenvalue weighted by molar-refractivity contribution is 0.351. The second kappa shape index (κ2) is 7.40. The Labute approximate surface area is 104 Å². The molecule has 1 atom stereocenters. The summed E-state index contributed by atoms with van der Waals surface area (Å²) in [4.78, 5) is 2.21. The second-order valence-electron chi connectivity index (χ2n) is 4.57. The SMILES string of the molecule is CCCNC(CCN(C)C)c1cnnn1CC. The van der Waals surface area contributed by atoms with Crippen molar-refractivity contribution in [1.29, 1.82) is 0 Å². The summed E-state index contributed by atoms with van der Waals surface area (Å²) in [6.45, 7) is 7.26. The highest BCUT2D eigenvalue weighted by Crippen LogP contribution is 2.15. The molecule has 98 valence electrons. The summed E-state index contributed by atoms with van der Waals surface area (Å²) in [5.41, 5.74) is 1.20. The van der Waals surface area contributed by atoms with Crippen molar-refractivity contribution in [3.8, 4) is 0 Å². The van der Waals surface area contributed by atoms with Gasteiger partial charge < -0.3 is 10.2 Å². The van der Waals surface area contributed by atoms with Gasteiger partial charge in [0, 0.05) is 6.54 Å². The summed E-state index contributed by atoms with van der Waals surface area (Å²) in [6, 6.07) is 0.354. The zero-order valence-electron chi connectivity index (χ0n) is 11.5. The van der Waals surface area contributed by atoms with Gasteiger partial charge in [0.25, 0.3) is 0 Å². The highest BCUT2D eigenvalue weighted by atomic mass is 15.4. The molecule has 5 nitrogen and oxygen atoms in total. The van der Waals surface area contributed by atoms with Crippen LogP contribution in [0.1, 0.15) is 38.4 Å². The number of aryl methyl sites for hydroxylation is 1. The molecule has 0 bridgehead atoms. The third-order valence-corrected chi connectivity index (χ3v) is 2.81. The lowest BCUT2D eigenvalue weighted by Gasteiger charge is -2.20. The fourth-order valence-electron chi connectivity index (χ4n) is 1.84. The topological polar surface area (TPSA) is 46.0 Å². The van der Waals surface area contributed by atoms with Gasteiger partial charge in [-0.25, -0.2) is 4.68 Å². The van der Waals surface area contributed by atoms with Gasteiger partial charge in [-0.05, 0) is 47.0 Å². The van der Waals surface area contributed by atoms with Crippen LogP contribution in [0.2, 0.25) is 0 Å². The molecule has 0 amide bonds. The molecule has 0 aliphatic rings. The summed E-state index contributed by atoms with van der Waals surface area (Å²) in [5, 5.41) is 11.7. The minimum atomic E-state index is 0.354. The van der Waals surface area contributed by atoms with Crippen LogP contribution >= 0.6 is 0 Å². The van der Waals surface area contributed by atoms with Crippen LogP contribution in [0.5, 0.6) is 0 Å². The lowest BCUT2D eigenvalue weighted by atomic mass is 10.1. The van der Waals surface area contributed by atoms with E-state index in [0.29, 0.717) is 6.04 Å². The quantitative estimate of drug-likeness (QED) is 0.742. The summed E-state index contributed by atoms with van der Waals surface area (Å²) < 4.78 is 1.98. The summed E-state index contributed by atoms with van der Waals surface area (Å²) >= 11 is 0. The van der Waals surface area contributed by atoms with Crippen molar-refractivity contribution in [1.82, 2.24) is 25.2 Å². The molecular weight excluding hydrogens is 214 g/mol. The van der Waals surface area contributed by atoms with Crippen LogP contribution in [-0.2, 0) is 6.54 Å². The van der Waals surface area contributed by atoms with Gasteiger partial charge in [0.1, 0.15) is 0 Å². The van der Waals surface area contributed by atoms with Crippen molar-refractivity contribution in [2.24, 2.45) is 0 Å². The maximum atomic E-state index is 4.10. The Hall–Kier alpha value is -0.940. The van der Waals surface area contributed by atoms with Crippen molar-refractivity contribution in [2.75, 3.05) is 27.2 Å². The normalized spacial score (nSPS) is 13.2. The fraction of sp³-hybridized carbons (Fsp3) is 0.833. The van der Waals surface area contributed by atoms with E-state index in [1.165, 1.54) is 5.69 Å². The molecule has 0 fully saturated rings. The first-order valence-electron chi connectivity index (χ1n) is 6.45. The van der Waals surface area contributed by atoms with Crippen LogP contribution in [0.25, 0.3) is 0 Å². The Balaban J connectivity index is 2.67. The van der Waals surface area contributed by atoms with E-state index in [9.17, 15) is 0 Å². The molecule has 1 rings (SSSR count). The van der Waals surface area contributed by atoms with Crippen LogP contribution in [0.3, 0.4) is 0 Å². The van der Waals surface area contributed by atoms with Gasteiger partial charge >= 0.3 is 0 Å². The Morgan fingerprint density at radius 3 is 2.76 bits per heavy atom. The lowest BCUT2D eigenvalue weighted by Crippen LogP contribution is -2.28. The average molecular weight is 239 g/mol. The molecule has 17 heavy (non-hydrogen) atoms. The van der Waals surface area contributed by atoms with E-state index in [2.05, 4.69) is 48.5 Å². The molecule has 5 heteroatoms. The number of rotatable bonds is 8. The third-order valence-electron chi connectivity index (χ3n) is 2.81. The molecule has 1 N–H and O–H groups in total. The molecular formula is C12H25N5. The predicted octanol–water partition coefficient (Wildman–Crippen LogP) is 1.29. The predicted molar refractivity (Wildman–Crippen MR) is 69.9 cm³/mol. The van der Waals surface area contributed by atoms with E-state index in [0.717, 1.165) is 32.5 Å². The molecule has 1 aromatic heterocycles. The zero-order valence-corrected chi connectivity index (χ0v) is 11.5. The fourth-order valence-corrected chi connectivity index (χ4v) is 1.84. The molecule has 0 saturated carbocycles. The maximum absolute atomic E-state index is 4.10. The number of hydrogen-bond acceptors (Lipinski definition) is 4. The number of nitrogens with one attached hydrogen (secondary N) is 1. The van der Waals surface area contributed by atoms with Crippen LogP contribution in [0.4, 0.5) is 0 Å². The number of hydrogen-bond donors (Lipinski definition) is 1. The van der Waals surface area contributed by atoms with Crippen molar-refractivity contribution in [3.63, 3.8) is 0 Å². The highest BCUT2D eigenvalue weighted by Gasteiger charge is 2.15. The first-order chi connectivity index (χ1) is 8.19. The van der Waals surface area contributed by atoms with Gasteiger partial charge in [-0.1, -0.05) is 12.1 Å². The monoisotopic (exact) mass is 239 g/mol. The van der Waals surface area contributed by atoms with Gasteiger partial charge in [-0.2, -0.15) is 0 Å². The Morgan fingerprint density at radius 2 is 2.18 bits per heavy atom. The zero-order chi connectivity index (χ0) is 12.7. The molecule has 0 aromatic carbocycles. The van der Waals surface area contributed by atoms with Crippen LogP contribution in [0.15, 0.2) is 6.20 Å². The highest BCUT2D eigenvalue weighted by molar-refractivity contribution is 5.02. The van der Waals surface area contributed by atoms with Gasteiger partial charge in [0.2, 0.25) is 0 Å². The summed E-state index contributed by atoms with van der Waals surface area (Å²) in [7, 11) is 4.21. The van der Waals surface area contributed by atoms with Crippen molar-refractivity contribution in [2.45, 2.75) is 39.3 Å². The Morgan fingerprint density at radius 1 is 1.41 bits per heavy atom. The van der Waals surface area contributed by atoms with Crippen molar-refractivity contribution in [3.05, 3.63) is 11.9 Å². The number of aromatic nitrogens is 3. The van der Waals surface area contributed by atoms with E-state index < -0.39 is 0 Å². The molecule has 0 aliphatic heterocycles. The minimum absolute atomic E-state index is 0.354. The Kier molecular flexibility index (Phi) is 6.15. The van der Waals surface area contributed by atoms with Gasteiger partial charge in [-0.15, -0.1) is 5.10 Å². The molecule has 1 unspecified atom stereocenters. The first kappa shape index (κ1) is 14.1. The van der Waals surface area contributed by atoms with E-state index in [4.69, 9.17) is 0 Å². The van der Waals surface area contributed by atoms with Gasteiger partial charge in [0.05, 0.1) is 17.9 Å². The molecule has 0 saturated heterocycles. The average Bonchev–Trinajstić information content (AvgIpc) is 2.77. The van der Waals surface area contributed by atoms with E-state index >= 15 is 0 Å². The van der Waals surface area contributed by atoms with Crippen LogP contribution in [-0.4, -0.2) is 47.1 Å². The van der Waals surface area contributed by atoms with Crippen molar-refractivity contribution < 1.29 is 0 Å². The largest absolute Gasteiger partial charge is 0.309 e. The second-order valence-corrected chi connectivity index (χ2v) is 4.57. The van der Waals surface area contributed by atoms with E-state index in [1.54, 1.807) is 0 Å². The summed E-state index contributed by atoms with van der Waals surface area (Å²) in [6.07, 6.45) is 4.11. The molecule has 0 radical (unpaired) electrons. The van der Waals surface area contributed by atoms with Crippen LogP contribution in [0, 0.1) is 0 Å². The molecule has 0 spiro atoms. The first-order valence-corrected chi connectivity index (χ1v) is 6.45. The van der Waals surface area contributed by atoms with Crippen LogP contribution < -0.4 is 5.32 Å². The van der Waals surface area contributed by atoms with E-state index in [1.807, 2.05) is 10.9 Å². The summed E-state index contributed by atoms with van der Waals surface area (Å²) in [5.74, 6) is 0.